The average molecular weight is 357 g/mol. The molecule has 2 N–H and O–H groups in total. The fourth-order valence-electron chi connectivity index (χ4n) is 3.53. The number of hydrogen-bond donors (Lipinski definition) is 1. The quantitative estimate of drug-likeness (QED) is 0.633. The van der Waals surface area contributed by atoms with Gasteiger partial charge in [0.15, 0.2) is 0 Å². The van der Waals surface area contributed by atoms with Crippen LogP contribution in [0.25, 0.3) is 5.57 Å². The van der Waals surface area contributed by atoms with E-state index in [1.165, 1.54) is 24.4 Å². The zero-order valence-corrected chi connectivity index (χ0v) is 15.0. The highest BCUT2D eigenvalue weighted by Crippen LogP contribution is 2.39. The molecule has 0 fully saturated rings. The number of hydrogen-bond acceptors (Lipinski definition) is 3. The number of benzene rings is 1. The van der Waals surface area contributed by atoms with Crippen molar-refractivity contribution in [1.29, 1.82) is 0 Å². The van der Waals surface area contributed by atoms with Gasteiger partial charge in [0.25, 0.3) is 0 Å². The fourth-order valence-corrected chi connectivity index (χ4v) is 3.53. The molecule has 1 aromatic carbocycles. The first kappa shape index (κ1) is 18.4. The number of nitrogens with zero attached hydrogens (tertiary/aromatic N) is 3. The van der Waals surface area contributed by atoms with Crippen LogP contribution >= 0.6 is 0 Å². The van der Waals surface area contributed by atoms with Gasteiger partial charge in [-0.25, -0.2) is 9.37 Å². The van der Waals surface area contributed by atoms with Crippen LogP contribution in [-0.2, 0) is 0 Å². The maximum atomic E-state index is 13.8. The second kappa shape index (κ2) is 7.43. The molecule has 6 heteroatoms. The normalized spacial score (nSPS) is 16.1. The summed E-state index contributed by atoms with van der Waals surface area (Å²) in [7, 11) is 0. The van der Waals surface area contributed by atoms with Crippen LogP contribution in [0.3, 0.4) is 0 Å². The van der Waals surface area contributed by atoms with E-state index in [0.717, 1.165) is 35.6 Å². The Labute approximate surface area is 152 Å². The first-order valence-electron chi connectivity index (χ1n) is 8.84. The summed E-state index contributed by atoms with van der Waals surface area (Å²) in [6.07, 6.45) is 2.10. The summed E-state index contributed by atoms with van der Waals surface area (Å²) in [5.41, 5.74) is 10.1. The Hall–Kier alpha value is -2.44. The minimum Gasteiger partial charge on any atom is -0.330 e. The molecule has 3 rings (SSSR count). The largest absolute Gasteiger partial charge is 0.330 e. The van der Waals surface area contributed by atoms with E-state index in [1.54, 1.807) is 18.2 Å². The minimum atomic E-state index is -0.543. The first-order chi connectivity index (χ1) is 12.5. The Morgan fingerprint density at radius 1 is 1.00 bits per heavy atom. The number of halogens is 2. The molecule has 4 nitrogen and oxygen atoms in total. The van der Waals surface area contributed by atoms with Crippen molar-refractivity contribution in [2.24, 2.45) is 10.8 Å². The van der Waals surface area contributed by atoms with E-state index in [1.807, 2.05) is 0 Å². The van der Waals surface area contributed by atoms with Gasteiger partial charge in [0.2, 0.25) is 5.95 Å². The number of quaternary nitrogens is 1. The van der Waals surface area contributed by atoms with Gasteiger partial charge in [0.05, 0.1) is 5.57 Å². The average Bonchev–Trinajstić information content (AvgIpc) is 2.97. The van der Waals surface area contributed by atoms with Crippen molar-refractivity contribution in [3.05, 3.63) is 71.2 Å². The van der Waals surface area contributed by atoms with E-state index < -0.39 is 5.95 Å². The third kappa shape index (κ3) is 3.18. The SMILES string of the molecule is CC[N+]1(CC)N=C(c2ccc(F)cc2)C(c2ccnc(F)c2)=C1CCN. The third-order valence-corrected chi connectivity index (χ3v) is 4.88. The van der Waals surface area contributed by atoms with Gasteiger partial charge >= 0.3 is 0 Å². The molecule has 1 aliphatic rings. The third-order valence-electron chi connectivity index (χ3n) is 4.88. The second-order valence-corrected chi connectivity index (χ2v) is 6.24. The van der Waals surface area contributed by atoms with E-state index in [4.69, 9.17) is 10.8 Å². The minimum absolute atomic E-state index is 0.304. The molecule has 0 spiro atoms. The highest BCUT2D eigenvalue weighted by molar-refractivity contribution is 6.32. The summed E-state index contributed by atoms with van der Waals surface area (Å²) < 4.78 is 27.6. The fraction of sp³-hybridized carbons (Fsp3) is 0.300. The summed E-state index contributed by atoms with van der Waals surface area (Å²) in [4.78, 5) is 3.66. The Balaban J connectivity index is 2.27. The molecule has 0 saturated carbocycles. The molecule has 0 radical (unpaired) electrons. The molecule has 0 unspecified atom stereocenters. The molecule has 0 atom stereocenters. The predicted molar refractivity (Wildman–Crippen MR) is 99.1 cm³/mol. The topological polar surface area (TPSA) is 51.3 Å². The number of rotatable bonds is 6. The lowest BCUT2D eigenvalue weighted by Gasteiger charge is -2.28. The van der Waals surface area contributed by atoms with E-state index in [2.05, 4.69) is 18.8 Å². The number of allylic oxidation sites excluding steroid dienone is 1. The van der Waals surface area contributed by atoms with Gasteiger partial charge in [0.1, 0.15) is 30.3 Å². The molecule has 0 aliphatic carbocycles. The van der Waals surface area contributed by atoms with Crippen LogP contribution < -0.4 is 5.73 Å². The Morgan fingerprint density at radius 3 is 2.27 bits per heavy atom. The monoisotopic (exact) mass is 357 g/mol. The van der Waals surface area contributed by atoms with Gasteiger partial charge in [-0.2, -0.15) is 8.98 Å². The molecule has 2 aromatic rings. The van der Waals surface area contributed by atoms with Crippen LogP contribution in [0, 0.1) is 11.8 Å². The molecule has 1 aliphatic heterocycles. The summed E-state index contributed by atoms with van der Waals surface area (Å²) in [6, 6.07) is 9.43. The van der Waals surface area contributed by atoms with Crippen molar-refractivity contribution >= 4 is 11.3 Å². The maximum absolute atomic E-state index is 13.8. The summed E-state index contributed by atoms with van der Waals surface area (Å²) in [6.45, 7) is 6.13. The van der Waals surface area contributed by atoms with Crippen molar-refractivity contribution in [1.82, 2.24) is 4.98 Å². The number of nitrogens with two attached hydrogens (primary N) is 1. The zero-order chi connectivity index (χ0) is 18.7. The molecule has 2 heterocycles. The molecule has 1 aromatic heterocycles. The molecule has 26 heavy (non-hydrogen) atoms. The van der Waals surface area contributed by atoms with Gasteiger partial charge in [-0.1, -0.05) is 5.10 Å². The zero-order valence-electron chi connectivity index (χ0n) is 15.0. The van der Waals surface area contributed by atoms with Crippen LogP contribution in [-0.4, -0.2) is 34.9 Å². The van der Waals surface area contributed by atoms with Crippen molar-refractivity contribution in [3.63, 3.8) is 0 Å². The molecular formula is C20H23F2N4+. The van der Waals surface area contributed by atoms with Crippen LogP contribution in [0.1, 0.15) is 31.4 Å². The Kier molecular flexibility index (Phi) is 5.25. The van der Waals surface area contributed by atoms with Crippen molar-refractivity contribution in [2.45, 2.75) is 20.3 Å². The summed E-state index contributed by atoms with van der Waals surface area (Å²) in [5.74, 6) is -0.847. The lowest BCUT2D eigenvalue weighted by molar-refractivity contribution is -0.893. The van der Waals surface area contributed by atoms with E-state index >= 15 is 0 Å². The van der Waals surface area contributed by atoms with Crippen molar-refractivity contribution in [3.8, 4) is 0 Å². The maximum Gasteiger partial charge on any atom is 0.213 e. The second-order valence-electron chi connectivity index (χ2n) is 6.24. The Bertz CT molecular complexity index is 852. The molecule has 0 saturated heterocycles. The number of aromatic nitrogens is 1. The van der Waals surface area contributed by atoms with Crippen LogP contribution in [0.15, 0.2) is 53.4 Å². The van der Waals surface area contributed by atoms with Crippen molar-refractivity contribution < 1.29 is 13.4 Å². The predicted octanol–water partition coefficient (Wildman–Crippen LogP) is 3.69. The van der Waals surface area contributed by atoms with Gasteiger partial charge in [0, 0.05) is 30.8 Å². The van der Waals surface area contributed by atoms with Gasteiger partial charge < -0.3 is 5.73 Å². The highest BCUT2D eigenvalue weighted by atomic mass is 19.1. The van der Waals surface area contributed by atoms with Gasteiger partial charge in [-0.3, -0.25) is 0 Å². The smallest absolute Gasteiger partial charge is 0.213 e. The van der Waals surface area contributed by atoms with Crippen LogP contribution in [0.4, 0.5) is 8.78 Å². The van der Waals surface area contributed by atoms with Gasteiger partial charge in [-0.05, 0) is 49.7 Å². The summed E-state index contributed by atoms with van der Waals surface area (Å²) in [5, 5.41) is 5.00. The van der Waals surface area contributed by atoms with E-state index in [9.17, 15) is 8.78 Å². The molecule has 0 amide bonds. The Morgan fingerprint density at radius 2 is 1.69 bits per heavy atom. The lowest BCUT2D eigenvalue weighted by Crippen LogP contribution is -2.40. The molecule has 0 bridgehead atoms. The van der Waals surface area contributed by atoms with E-state index in [0.29, 0.717) is 23.1 Å². The molecule has 136 valence electrons. The van der Waals surface area contributed by atoms with Crippen molar-refractivity contribution in [2.75, 3.05) is 19.6 Å². The molecular weight excluding hydrogens is 334 g/mol. The van der Waals surface area contributed by atoms with Crippen LogP contribution in [0.2, 0.25) is 0 Å². The standard InChI is InChI=1S/C20H23F2N4/c1-3-26(4-2)17(9-11-23)19(15-10-12-24-18(22)13-15)20(25-26)14-5-7-16(21)8-6-14/h5-8,10,12-13H,3-4,9,11,23H2,1-2H3/q+1. The lowest BCUT2D eigenvalue weighted by atomic mass is 9.94. The van der Waals surface area contributed by atoms with E-state index in [-0.39, 0.29) is 5.82 Å². The summed E-state index contributed by atoms with van der Waals surface area (Å²) >= 11 is 0. The number of pyridine rings is 1. The highest BCUT2D eigenvalue weighted by Gasteiger charge is 2.41. The van der Waals surface area contributed by atoms with Gasteiger partial charge in [-0.15, -0.1) is 0 Å². The van der Waals surface area contributed by atoms with Crippen LogP contribution in [0.5, 0.6) is 0 Å². The first-order valence-corrected chi connectivity index (χ1v) is 8.84.